The van der Waals surface area contributed by atoms with Crippen LogP contribution in [0.2, 0.25) is 5.02 Å². The molecule has 1 aliphatic heterocycles. The number of aromatic nitrogens is 1. The standard InChI is InChI=1S/C21H21ClF3N3O4/c1-31-14-3-4-17(15(10-14)20(30)32-2)27-19(29)12-5-7-28(8-6-12)18-16(22)9-13(11-26-18)21(23,24)25/h3-4,9-12H,5-8H2,1-2H3,(H,27,29). The Morgan fingerprint density at radius 2 is 1.88 bits per heavy atom. The summed E-state index contributed by atoms with van der Waals surface area (Å²) in [4.78, 5) is 30.4. The van der Waals surface area contributed by atoms with Crippen molar-refractivity contribution in [3.63, 3.8) is 0 Å². The van der Waals surface area contributed by atoms with E-state index in [2.05, 4.69) is 10.3 Å². The number of nitrogens with zero attached hydrogens (tertiary/aromatic N) is 2. The molecule has 7 nitrogen and oxygen atoms in total. The Labute approximate surface area is 187 Å². The lowest BCUT2D eigenvalue weighted by Crippen LogP contribution is -2.39. The van der Waals surface area contributed by atoms with E-state index in [1.807, 2.05) is 0 Å². The van der Waals surface area contributed by atoms with E-state index in [1.165, 1.54) is 20.3 Å². The van der Waals surface area contributed by atoms with Crippen molar-refractivity contribution in [3.8, 4) is 5.75 Å². The number of amides is 1. The van der Waals surface area contributed by atoms with Gasteiger partial charge in [-0.25, -0.2) is 9.78 Å². The first-order chi connectivity index (χ1) is 15.1. The number of nitrogens with one attached hydrogen (secondary N) is 1. The number of methoxy groups -OCH3 is 2. The minimum absolute atomic E-state index is 0.0938. The Hall–Kier alpha value is -3.01. The molecule has 1 N–H and O–H groups in total. The van der Waals surface area contributed by atoms with Gasteiger partial charge in [0.2, 0.25) is 5.91 Å². The smallest absolute Gasteiger partial charge is 0.417 e. The molecular formula is C21H21ClF3N3O4. The van der Waals surface area contributed by atoms with Gasteiger partial charge in [0.15, 0.2) is 0 Å². The van der Waals surface area contributed by atoms with Gasteiger partial charge in [0.05, 0.1) is 36.1 Å². The Morgan fingerprint density at radius 1 is 1.19 bits per heavy atom. The monoisotopic (exact) mass is 471 g/mol. The molecule has 1 aromatic carbocycles. The quantitative estimate of drug-likeness (QED) is 0.651. The summed E-state index contributed by atoms with van der Waals surface area (Å²) in [5.74, 6) is -0.546. The topological polar surface area (TPSA) is 80.8 Å². The third kappa shape index (κ3) is 5.24. The maximum Gasteiger partial charge on any atom is 0.417 e. The minimum Gasteiger partial charge on any atom is -0.497 e. The number of anilines is 2. The summed E-state index contributed by atoms with van der Waals surface area (Å²) in [6, 6.07) is 5.50. The summed E-state index contributed by atoms with van der Waals surface area (Å²) in [5, 5.41) is 2.66. The molecule has 0 aliphatic carbocycles. The summed E-state index contributed by atoms with van der Waals surface area (Å²) in [6.07, 6.45) is -2.90. The fourth-order valence-electron chi connectivity index (χ4n) is 3.44. The number of carbonyl (C=O) groups is 2. The molecule has 2 heterocycles. The van der Waals surface area contributed by atoms with E-state index in [9.17, 15) is 22.8 Å². The summed E-state index contributed by atoms with van der Waals surface area (Å²) in [5.41, 5.74) is -0.447. The number of ether oxygens (including phenoxy) is 2. The molecule has 11 heteroatoms. The van der Waals surface area contributed by atoms with E-state index in [0.29, 0.717) is 37.4 Å². The number of esters is 1. The SMILES string of the molecule is COC(=O)c1cc(OC)ccc1NC(=O)C1CCN(c2ncc(C(F)(F)F)cc2Cl)CC1. The zero-order valence-electron chi connectivity index (χ0n) is 17.3. The summed E-state index contributed by atoms with van der Waals surface area (Å²) < 4.78 is 48.3. The van der Waals surface area contributed by atoms with E-state index in [4.69, 9.17) is 21.1 Å². The second-order valence-corrected chi connectivity index (χ2v) is 7.59. The second-order valence-electron chi connectivity index (χ2n) is 7.18. The molecule has 0 bridgehead atoms. The predicted octanol–water partition coefficient (Wildman–Crippen LogP) is 4.40. The molecule has 0 radical (unpaired) electrons. The van der Waals surface area contributed by atoms with Crippen molar-refractivity contribution >= 4 is 35.0 Å². The third-order valence-corrected chi connectivity index (χ3v) is 5.48. The number of pyridine rings is 1. The van der Waals surface area contributed by atoms with Gasteiger partial charge in [-0.2, -0.15) is 13.2 Å². The Morgan fingerprint density at radius 3 is 2.44 bits per heavy atom. The maximum atomic E-state index is 12.8. The zero-order valence-corrected chi connectivity index (χ0v) is 18.1. The summed E-state index contributed by atoms with van der Waals surface area (Å²) in [7, 11) is 2.70. The van der Waals surface area contributed by atoms with Crippen molar-refractivity contribution in [2.75, 3.05) is 37.5 Å². The number of benzene rings is 1. The fourth-order valence-corrected chi connectivity index (χ4v) is 3.73. The van der Waals surface area contributed by atoms with Crippen LogP contribution in [0.3, 0.4) is 0 Å². The van der Waals surface area contributed by atoms with Crippen LogP contribution < -0.4 is 15.0 Å². The molecule has 0 saturated carbocycles. The van der Waals surface area contributed by atoms with Gasteiger partial charge >= 0.3 is 12.1 Å². The molecule has 172 valence electrons. The number of alkyl halides is 3. The van der Waals surface area contributed by atoms with E-state index < -0.39 is 17.7 Å². The normalized spacial score (nSPS) is 14.8. The van der Waals surface area contributed by atoms with Crippen LogP contribution in [0, 0.1) is 5.92 Å². The van der Waals surface area contributed by atoms with Crippen LogP contribution in [0.25, 0.3) is 0 Å². The number of hydrogen-bond donors (Lipinski definition) is 1. The molecule has 1 aliphatic rings. The van der Waals surface area contributed by atoms with Crippen LogP contribution in [-0.4, -0.2) is 44.2 Å². The number of carbonyl (C=O) groups excluding carboxylic acids is 2. The number of piperidine rings is 1. The van der Waals surface area contributed by atoms with Gasteiger partial charge in [-0.15, -0.1) is 0 Å². The molecule has 1 fully saturated rings. The fraction of sp³-hybridized carbons (Fsp3) is 0.381. The number of hydrogen-bond acceptors (Lipinski definition) is 6. The molecule has 1 aromatic heterocycles. The van der Waals surface area contributed by atoms with Gasteiger partial charge in [-0.3, -0.25) is 4.79 Å². The first-order valence-corrected chi connectivity index (χ1v) is 10.1. The van der Waals surface area contributed by atoms with Gasteiger partial charge in [0.25, 0.3) is 0 Å². The van der Waals surface area contributed by atoms with Crippen LogP contribution in [-0.2, 0) is 15.7 Å². The molecule has 0 spiro atoms. The van der Waals surface area contributed by atoms with Gasteiger partial charge < -0.3 is 19.7 Å². The van der Waals surface area contributed by atoms with Crippen LogP contribution in [0.5, 0.6) is 5.75 Å². The Bertz CT molecular complexity index is 1010. The molecule has 32 heavy (non-hydrogen) atoms. The maximum absolute atomic E-state index is 12.8. The zero-order chi connectivity index (χ0) is 23.5. The van der Waals surface area contributed by atoms with Crippen molar-refractivity contribution in [2.24, 2.45) is 5.92 Å². The van der Waals surface area contributed by atoms with Crippen molar-refractivity contribution in [1.82, 2.24) is 4.98 Å². The van der Waals surface area contributed by atoms with Gasteiger partial charge in [-0.1, -0.05) is 11.6 Å². The lowest BCUT2D eigenvalue weighted by molar-refractivity contribution is -0.137. The van der Waals surface area contributed by atoms with Crippen LogP contribution in [0.1, 0.15) is 28.8 Å². The summed E-state index contributed by atoms with van der Waals surface area (Å²) >= 11 is 6.02. The average molecular weight is 472 g/mol. The molecule has 1 saturated heterocycles. The highest BCUT2D eigenvalue weighted by Gasteiger charge is 2.33. The largest absolute Gasteiger partial charge is 0.497 e. The number of halogens is 4. The predicted molar refractivity (Wildman–Crippen MR) is 112 cm³/mol. The lowest BCUT2D eigenvalue weighted by atomic mass is 9.95. The second kappa shape index (κ2) is 9.64. The Kier molecular flexibility index (Phi) is 7.12. The number of rotatable bonds is 5. The first kappa shape index (κ1) is 23.6. The Balaban J connectivity index is 1.66. The van der Waals surface area contributed by atoms with Crippen molar-refractivity contribution < 1.29 is 32.2 Å². The highest BCUT2D eigenvalue weighted by atomic mass is 35.5. The van der Waals surface area contributed by atoms with E-state index in [1.54, 1.807) is 17.0 Å². The van der Waals surface area contributed by atoms with E-state index >= 15 is 0 Å². The van der Waals surface area contributed by atoms with Crippen molar-refractivity contribution in [3.05, 3.63) is 46.6 Å². The first-order valence-electron chi connectivity index (χ1n) is 9.69. The molecular weight excluding hydrogens is 451 g/mol. The van der Waals surface area contributed by atoms with Crippen molar-refractivity contribution in [1.29, 1.82) is 0 Å². The third-order valence-electron chi connectivity index (χ3n) is 5.20. The molecule has 0 atom stereocenters. The summed E-state index contributed by atoms with van der Waals surface area (Å²) in [6.45, 7) is 0.783. The lowest BCUT2D eigenvalue weighted by Gasteiger charge is -2.32. The van der Waals surface area contributed by atoms with Gasteiger partial charge in [0.1, 0.15) is 11.6 Å². The molecule has 1 amide bonds. The minimum atomic E-state index is -4.52. The van der Waals surface area contributed by atoms with E-state index in [0.717, 1.165) is 12.3 Å². The average Bonchev–Trinajstić information content (AvgIpc) is 2.78. The van der Waals surface area contributed by atoms with Crippen LogP contribution in [0.15, 0.2) is 30.5 Å². The van der Waals surface area contributed by atoms with E-state index in [-0.39, 0.29) is 28.2 Å². The molecule has 0 unspecified atom stereocenters. The molecule has 2 aromatic rings. The van der Waals surface area contributed by atoms with Crippen molar-refractivity contribution in [2.45, 2.75) is 19.0 Å². The van der Waals surface area contributed by atoms with Gasteiger partial charge in [-0.05, 0) is 37.1 Å². The molecule has 3 rings (SSSR count). The van der Waals surface area contributed by atoms with Crippen LogP contribution in [0.4, 0.5) is 24.7 Å². The van der Waals surface area contributed by atoms with Gasteiger partial charge in [0, 0.05) is 25.2 Å². The highest BCUT2D eigenvalue weighted by molar-refractivity contribution is 6.33. The highest BCUT2D eigenvalue weighted by Crippen LogP contribution is 2.35. The van der Waals surface area contributed by atoms with Crippen LogP contribution >= 0.6 is 11.6 Å².